The summed E-state index contributed by atoms with van der Waals surface area (Å²) < 4.78 is 5.29. The van der Waals surface area contributed by atoms with E-state index in [1.807, 2.05) is 30.3 Å². The molecule has 122 valence electrons. The van der Waals surface area contributed by atoms with Crippen molar-refractivity contribution in [3.8, 4) is 0 Å². The standard InChI is InChI=1S/C18H15NO5/c20-15-9-10-19(14-8-4-7-13(16(14)15)17(21)22)18(23)24-11-12-5-2-1-3-6-12/h1-8H,9-11H2,(H,21,22). The number of nitrogens with zero attached hydrogens (tertiary/aromatic N) is 1. The molecule has 0 unspecified atom stereocenters. The van der Waals surface area contributed by atoms with Crippen LogP contribution in [0.25, 0.3) is 0 Å². The summed E-state index contributed by atoms with van der Waals surface area (Å²) in [5, 5.41) is 9.25. The molecule has 0 saturated carbocycles. The summed E-state index contributed by atoms with van der Waals surface area (Å²) in [5.74, 6) is -1.48. The Morgan fingerprint density at radius 1 is 1.08 bits per heavy atom. The van der Waals surface area contributed by atoms with Crippen molar-refractivity contribution in [2.24, 2.45) is 0 Å². The molecule has 24 heavy (non-hydrogen) atoms. The summed E-state index contributed by atoms with van der Waals surface area (Å²) in [6, 6.07) is 13.7. The number of benzene rings is 2. The summed E-state index contributed by atoms with van der Waals surface area (Å²) >= 11 is 0. The number of carboxylic acids is 1. The third-order valence-corrected chi connectivity index (χ3v) is 3.83. The van der Waals surface area contributed by atoms with E-state index < -0.39 is 12.1 Å². The molecule has 0 saturated heterocycles. The van der Waals surface area contributed by atoms with Gasteiger partial charge in [0.1, 0.15) is 6.61 Å². The fraction of sp³-hybridized carbons (Fsp3) is 0.167. The molecule has 6 heteroatoms. The van der Waals surface area contributed by atoms with Crippen molar-refractivity contribution in [2.45, 2.75) is 13.0 Å². The fourth-order valence-electron chi connectivity index (χ4n) is 2.68. The van der Waals surface area contributed by atoms with Gasteiger partial charge in [-0.15, -0.1) is 0 Å². The predicted molar refractivity (Wildman–Crippen MR) is 86.3 cm³/mol. The summed E-state index contributed by atoms with van der Waals surface area (Å²) in [7, 11) is 0. The highest BCUT2D eigenvalue weighted by Crippen LogP contribution is 2.30. The molecule has 0 fully saturated rings. The highest BCUT2D eigenvalue weighted by atomic mass is 16.6. The topological polar surface area (TPSA) is 83.9 Å². The van der Waals surface area contributed by atoms with Crippen LogP contribution >= 0.6 is 0 Å². The normalized spacial score (nSPS) is 13.3. The van der Waals surface area contributed by atoms with Gasteiger partial charge in [-0.25, -0.2) is 9.59 Å². The first-order valence-electron chi connectivity index (χ1n) is 7.45. The van der Waals surface area contributed by atoms with Crippen LogP contribution in [0.3, 0.4) is 0 Å². The summed E-state index contributed by atoms with van der Waals surface area (Å²) in [6.07, 6.45) is -0.535. The molecule has 2 aromatic carbocycles. The average molecular weight is 325 g/mol. The van der Waals surface area contributed by atoms with Gasteiger partial charge in [0.05, 0.1) is 16.8 Å². The van der Waals surface area contributed by atoms with E-state index in [0.29, 0.717) is 0 Å². The Morgan fingerprint density at radius 3 is 2.54 bits per heavy atom. The number of aromatic carboxylic acids is 1. The van der Waals surface area contributed by atoms with Gasteiger partial charge >= 0.3 is 12.1 Å². The van der Waals surface area contributed by atoms with Gasteiger partial charge in [0.25, 0.3) is 0 Å². The Balaban J connectivity index is 1.84. The highest BCUT2D eigenvalue weighted by Gasteiger charge is 2.31. The Hall–Kier alpha value is -3.15. The number of carboxylic acid groups (broad SMARTS) is 1. The number of rotatable bonds is 3. The number of anilines is 1. The number of fused-ring (bicyclic) bond motifs is 1. The van der Waals surface area contributed by atoms with Crippen molar-refractivity contribution >= 4 is 23.5 Å². The molecule has 0 bridgehead atoms. The lowest BCUT2D eigenvalue weighted by Crippen LogP contribution is -2.38. The smallest absolute Gasteiger partial charge is 0.414 e. The molecule has 1 heterocycles. The van der Waals surface area contributed by atoms with Crippen LogP contribution < -0.4 is 4.90 Å². The molecule has 1 amide bonds. The lowest BCUT2D eigenvalue weighted by molar-refractivity contribution is 0.0691. The molecular formula is C18H15NO5. The van der Waals surface area contributed by atoms with Crippen LogP contribution in [0.2, 0.25) is 0 Å². The molecular weight excluding hydrogens is 310 g/mol. The number of carbonyl (C=O) groups excluding carboxylic acids is 2. The van der Waals surface area contributed by atoms with Crippen LogP contribution in [0.5, 0.6) is 0 Å². The molecule has 1 aliphatic rings. The minimum absolute atomic E-state index is 0.0629. The van der Waals surface area contributed by atoms with Crippen LogP contribution in [0.15, 0.2) is 48.5 Å². The Labute approximate surface area is 138 Å². The van der Waals surface area contributed by atoms with Gasteiger partial charge in [0, 0.05) is 13.0 Å². The number of carbonyl (C=O) groups is 3. The van der Waals surface area contributed by atoms with Gasteiger partial charge in [-0.05, 0) is 17.7 Å². The van der Waals surface area contributed by atoms with Gasteiger partial charge in [-0.3, -0.25) is 9.69 Å². The van der Waals surface area contributed by atoms with Crippen molar-refractivity contribution in [1.82, 2.24) is 0 Å². The minimum atomic E-state index is -1.19. The second-order valence-corrected chi connectivity index (χ2v) is 5.37. The third-order valence-electron chi connectivity index (χ3n) is 3.83. The molecule has 3 rings (SSSR count). The van der Waals surface area contributed by atoms with Crippen LogP contribution in [0, 0.1) is 0 Å². The summed E-state index contributed by atoms with van der Waals surface area (Å²) in [4.78, 5) is 37.1. The number of ketones is 1. The highest BCUT2D eigenvalue weighted by molar-refractivity contribution is 6.13. The van der Waals surface area contributed by atoms with E-state index in [1.54, 1.807) is 6.07 Å². The summed E-state index contributed by atoms with van der Waals surface area (Å²) in [5.41, 5.74) is 1.09. The van der Waals surface area contributed by atoms with E-state index in [1.165, 1.54) is 17.0 Å². The predicted octanol–water partition coefficient (Wildman–Crippen LogP) is 3.11. The number of Topliss-reactive ketones (excluding diaryl/α,β-unsaturated/α-hetero) is 1. The maximum atomic E-state index is 12.4. The molecule has 6 nitrogen and oxygen atoms in total. The second-order valence-electron chi connectivity index (χ2n) is 5.37. The number of amides is 1. The van der Waals surface area contributed by atoms with Crippen molar-refractivity contribution in [1.29, 1.82) is 0 Å². The van der Waals surface area contributed by atoms with E-state index in [2.05, 4.69) is 0 Å². The van der Waals surface area contributed by atoms with E-state index in [0.717, 1.165) is 5.56 Å². The van der Waals surface area contributed by atoms with Crippen molar-refractivity contribution < 1.29 is 24.2 Å². The van der Waals surface area contributed by atoms with Crippen LogP contribution in [-0.2, 0) is 11.3 Å². The van der Waals surface area contributed by atoms with Gasteiger partial charge in [0.2, 0.25) is 0 Å². The van der Waals surface area contributed by atoms with Gasteiger partial charge in [0.15, 0.2) is 5.78 Å². The maximum absolute atomic E-state index is 12.4. The average Bonchev–Trinajstić information content (AvgIpc) is 2.60. The molecule has 0 aromatic heterocycles. The first-order chi connectivity index (χ1) is 11.6. The van der Waals surface area contributed by atoms with Gasteiger partial charge in [-0.1, -0.05) is 36.4 Å². The van der Waals surface area contributed by atoms with Crippen molar-refractivity contribution in [2.75, 3.05) is 11.4 Å². The van der Waals surface area contributed by atoms with Gasteiger partial charge < -0.3 is 9.84 Å². The van der Waals surface area contributed by atoms with Crippen LogP contribution in [0.1, 0.15) is 32.7 Å². The largest absolute Gasteiger partial charge is 0.478 e. The number of hydrogen-bond acceptors (Lipinski definition) is 4. The molecule has 0 radical (unpaired) electrons. The van der Waals surface area contributed by atoms with E-state index in [-0.39, 0.29) is 42.2 Å². The van der Waals surface area contributed by atoms with Crippen LogP contribution in [-0.4, -0.2) is 29.5 Å². The Bertz CT molecular complexity index is 800. The zero-order valence-electron chi connectivity index (χ0n) is 12.8. The maximum Gasteiger partial charge on any atom is 0.414 e. The van der Waals surface area contributed by atoms with Crippen molar-refractivity contribution in [3.05, 3.63) is 65.2 Å². The zero-order valence-corrected chi connectivity index (χ0v) is 12.8. The summed E-state index contributed by atoms with van der Waals surface area (Å²) in [6.45, 7) is 0.278. The monoisotopic (exact) mass is 325 g/mol. The van der Waals surface area contributed by atoms with E-state index in [4.69, 9.17) is 4.74 Å². The quantitative estimate of drug-likeness (QED) is 0.937. The Morgan fingerprint density at radius 2 is 1.83 bits per heavy atom. The molecule has 2 aromatic rings. The molecule has 0 aliphatic carbocycles. The number of hydrogen-bond donors (Lipinski definition) is 1. The lowest BCUT2D eigenvalue weighted by atomic mass is 9.95. The first-order valence-corrected chi connectivity index (χ1v) is 7.45. The first kappa shape index (κ1) is 15.7. The van der Waals surface area contributed by atoms with Crippen LogP contribution in [0.4, 0.5) is 10.5 Å². The molecule has 1 N–H and O–H groups in total. The SMILES string of the molecule is O=C(O)c1cccc2c1C(=O)CCN2C(=O)OCc1ccccc1. The molecule has 1 aliphatic heterocycles. The van der Waals surface area contributed by atoms with Crippen molar-refractivity contribution in [3.63, 3.8) is 0 Å². The van der Waals surface area contributed by atoms with Gasteiger partial charge in [-0.2, -0.15) is 0 Å². The fourth-order valence-corrected chi connectivity index (χ4v) is 2.68. The minimum Gasteiger partial charge on any atom is -0.478 e. The van der Waals surface area contributed by atoms with E-state index in [9.17, 15) is 19.5 Å². The zero-order chi connectivity index (χ0) is 17.1. The molecule has 0 spiro atoms. The second kappa shape index (κ2) is 6.54. The molecule has 0 atom stereocenters. The Kier molecular flexibility index (Phi) is 4.29. The number of ether oxygens (including phenoxy) is 1. The lowest BCUT2D eigenvalue weighted by Gasteiger charge is -2.28. The van der Waals surface area contributed by atoms with E-state index >= 15 is 0 Å². The third kappa shape index (κ3) is 2.99.